The summed E-state index contributed by atoms with van der Waals surface area (Å²) in [6, 6.07) is 22.9. The second kappa shape index (κ2) is 27.2. The van der Waals surface area contributed by atoms with Gasteiger partial charge in [0.05, 0.1) is 42.5 Å². The number of urea groups is 1. The molecule has 16 nitrogen and oxygen atoms in total. The third kappa shape index (κ3) is 14.2. The zero-order valence-corrected chi connectivity index (χ0v) is 55.7. The van der Waals surface area contributed by atoms with Crippen LogP contribution in [0.25, 0.3) is 0 Å². The molecule has 4 N–H and O–H groups in total. The van der Waals surface area contributed by atoms with Crippen LogP contribution < -0.4 is 34.5 Å². The third-order valence-electron chi connectivity index (χ3n) is 21.1. The Morgan fingerprint density at radius 1 is 0.667 bits per heavy atom. The van der Waals surface area contributed by atoms with Gasteiger partial charge in [-0.25, -0.2) is 18.4 Å². The van der Waals surface area contributed by atoms with Gasteiger partial charge < -0.3 is 34.1 Å². The standard InChI is InChI=1S/C37H47ClN4O5S.C33H42ClN3O4S/c1-3-24-6-4-8-33(46-2)30-14-9-27(30)20-42-22-37(17-5-7-25-18-28(38)11-15-31(25)37)23-47-34-16-10-26(19-32(34)42)35(43)40-48(45,21-24)41-36(44)39-29-12-13-29;1-3-22-6-4-8-30(40-2)27-12-9-25(27)18-37-20-33(15-5-7-23-16-26(34)11-13-28(23)33)21-41-31-14-10-24(17-29(31)37)32(38)36-42(35,39)19-22/h4,8,10-11,15-16,18-19,24,27,29-30,33H,3,5-7,9,12-14,17,20-23H2,1-2H3,(H2,39,40,41,43,44,45);4,8,10-11,13-14,16-17,22,25,27,30H,3,5-7,9,12,15,18-21H2,1-2H3,(H2,35,36,38,39)/b2*8-4+/t24-,27-,30+,33-,37-,48?;22-,25-,27+,30-,33-,42?/m00/s1. The predicted octanol–water partition coefficient (Wildman–Crippen LogP) is 13.1. The number of nitrogens with two attached hydrogens (primary N) is 1. The molecule has 3 saturated carbocycles. The molecule has 2 spiro atoms. The van der Waals surface area contributed by atoms with E-state index in [1.807, 2.05) is 43.3 Å². The average Bonchev–Trinajstić information content (AvgIpc) is 1.69. The average molecular weight is 1310 g/mol. The number of nitrogens with zero attached hydrogens (tertiary/aromatic N) is 4. The quantitative estimate of drug-likeness (QED) is 0.155. The Morgan fingerprint density at radius 3 is 1.61 bits per heavy atom. The highest BCUT2D eigenvalue weighted by molar-refractivity contribution is 7.92. The highest BCUT2D eigenvalue weighted by Gasteiger charge is 2.47. The Bertz CT molecular complexity index is 3690. The van der Waals surface area contributed by atoms with Crippen molar-refractivity contribution in [1.82, 2.24) is 10.0 Å². The summed E-state index contributed by atoms with van der Waals surface area (Å²) in [5.41, 5.74) is 7.15. The molecule has 4 aromatic rings. The van der Waals surface area contributed by atoms with E-state index in [9.17, 15) is 22.8 Å². The number of benzene rings is 4. The van der Waals surface area contributed by atoms with Crippen molar-refractivity contribution in [3.05, 3.63) is 141 Å². The van der Waals surface area contributed by atoms with Gasteiger partial charge in [0.15, 0.2) is 0 Å². The number of aryl methyl sites for hydroxylation is 2. The number of nitrogens with one attached hydrogen (secondary N) is 2. The van der Waals surface area contributed by atoms with Gasteiger partial charge in [0.2, 0.25) is 0 Å². The van der Waals surface area contributed by atoms with Gasteiger partial charge in [0.1, 0.15) is 31.3 Å². The molecule has 4 aliphatic heterocycles. The molecule has 2 unspecified atom stereocenters. The topological polar surface area (TPSA) is 204 Å². The fraction of sp³-hybridized carbons (Fsp3) is 0.557. The van der Waals surface area contributed by atoms with Crippen molar-refractivity contribution >= 4 is 72.3 Å². The maximum absolute atomic E-state index is 14.4. The van der Waals surface area contributed by atoms with Gasteiger partial charge in [-0.2, -0.15) is 0 Å². The van der Waals surface area contributed by atoms with Crippen LogP contribution in [0.2, 0.25) is 10.0 Å². The van der Waals surface area contributed by atoms with E-state index in [2.05, 4.69) is 84.1 Å². The van der Waals surface area contributed by atoms with E-state index in [0.29, 0.717) is 54.4 Å². The molecular formula is C70H89Cl2N7O9S2. The van der Waals surface area contributed by atoms with Crippen LogP contribution in [-0.4, -0.2) is 110 Å². The Hall–Kier alpha value is -5.47. The summed E-state index contributed by atoms with van der Waals surface area (Å²) >= 11 is 12.9. The SMILES string of the molecule is CC[C@H]1C/C=C/[C@H](OC)[C@@H]2CC[C@H]2CN2C[C@@]3(CCCc4cc(Cl)ccc43)COc3ccc(cc32)C(=O)N=S(=O)(NC(=O)NC2CC2)C1.CC[C@H]1C/C=C/[C@H](OC)[C@@H]2CC[C@H]2CN2C[C@@]3(CCCc4cc(Cl)ccc43)COc3ccc(cc32)C(=O)N=S(N)(=O)C1. The van der Waals surface area contributed by atoms with Gasteiger partial charge in [-0.05, 0) is 208 Å². The number of methoxy groups -OCH3 is 2. The van der Waals surface area contributed by atoms with Gasteiger partial charge in [-0.15, -0.1) is 8.73 Å². The van der Waals surface area contributed by atoms with Gasteiger partial charge in [0, 0.05) is 84.2 Å². The minimum absolute atomic E-state index is 0.0169. The zero-order valence-electron chi connectivity index (χ0n) is 52.5. The van der Waals surface area contributed by atoms with Crippen LogP contribution in [0.1, 0.15) is 147 Å². The third-order valence-corrected chi connectivity index (χ3v) is 24.9. The zero-order chi connectivity index (χ0) is 63.0. The summed E-state index contributed by atoms with van der Waals surface area (Å²) in [6.07, 6.45) is 23.8. The van der Waals surface area contributed by atoms with Crippen LogP contribution in [-0.2, 0) is 53.0 Å². The molecule has 3 fully saturated rings. The monoisotopic (exact) mass is 1310 g/mol. The predicted molar refractivity (Wildman–Crippen MR) is 358 cm³/mol. The van der Waals surface area contributed by atoms with E-state index in [4.69, 9.17) is 47.3 Å². The molecule has 20 heteroatoms. The molecular weight excluding hydrogens is 1220 g/mol. The number of carbonyl (C=O) groups is 3. The highest BCUT2D eigenvalue weighted by atomic mass is 35.5. The minimum atomic E-state index is -3.43. The van der Waals surface area contributed by atoms with E-state index in [1.165, 1.54) is 22.3 Å². The van der Waals surface area contributed by atoms with Crippen molar-refractivity contribution in [2.24, 2.45) is 49.4 Å². The number of halogens is 2. The molecule has 0 saturated heterocycles. The van der Waals surface area contributed by atoms with Gasteiger partial charge in [-0.3, -0.25) is 14.3 Å². The van der Waals surface area contributed by atoms with Crippen molar-refractivity contribution in [2.45, 2.75) is 146 Å². The smallest absolute Gasteiger partial charge is 0.327 e. The van der Waals surface area contributed by atoms with Crippen molar-refractivity contribution in [2.75, 3.05) is 74.9 Å². The van der Waals surface area contributed by atoms with Gasteiger partial charge >= 0.3 is 6.03 Å². The fourth-order valence-corrected chi connectivity index (χ4v) is 19.5. The maximum Gasteiger partial charge on any atom is 0.327 e. The highest BCUT2D eigenvalue weighted by Crippen LogP contribution is 2.50. The van der Waals surface area contributed by atoms with Crippen LogP contribution in [0.4, 0.5) is 16.2 Å². The normalized spacial score (nSPS) is 33.1. The summed E-state index contributed by atoms with van der Waals surface area (Å²) in [5.74, 6) is 2.21. The minimum Gasteiger partial charge on any atom is -0.490 e. The lowest BCUT2D eigenvalue weighted by Crippen LogP contribution is -2.49. The first-order chi connectivity index (χ1) is 43.4. The lowest BCUT2D eigenvalue weighted by Gasteiger charge is -2.46. The summed E-state index contributed by atoms with van der Waals surface area (Å²) in [5, 5.41) is 10.5. The van der Waals surface area contributed by atoms with E-state index in [0.717, 1.165) is 155 Å². The summed E-state index contributed by atoms with van der Waals surface area (Å²) < 4.78 is 64.0. The second-order valence-corrected chi connectivity index (χ2v) is 31.9. The molecule has 90 heavy (non-hydrogen) atoms. The Kier molecular flexibility index (Phi) is 19.6. The van der Waals surface area contributed by atoms with Crippen molar-refractivity contribution in [3.63, 3.8) is 0 Å². The molecule has 4 bridgehead atoms. The number of allylic oxidation sites excluding steroid dienone is 2. The first-order valence-corrected chi connectivity index (χ1v) is 37.0. The molecule has 0 aromatic heterocycles. The van der Waals surface area contributed by atoms with Crippen LogP contribution in [0.15, 0.2) is 106 Å². The van der Waals surface area contributed by atoms with E-state index in [1.54, 1.807) is 26.4 Å². The number of fused-ring (bicyclic) bond motifs is 8. The number of hydrogen-bond acceptors (Lipinski definition) is 11. The van der Waals surface area contributed by atoms with Crippen LogP contribution in [0.3, 0.4) is 0 Å². The summed E-state index contributed by atoms with van der Waals surface area (Å²) in [7, 11) is -3.06. The maximum atomic E-state index is 14.4. The van der Waals surface area contributed by atoms with E-state index in [-0.39, 0.29) is 52.4 Å². The van der Waals surface area contributed by atoms with Gasteiger partial charge in [0.25, 0.3) is 11.8 Å². The lowest BCUT2D eigenvalue weighted by atomic mass is 9.68. The number of anilines is 2. The molecule has 9 aliphatic rings. The largest absolute Gasteiger partial charge is 0.490 e. The molecule has 4 heterocycles. The number of rotatable bonds is 6. The molecule has 484 valence electrons. The van der Waals surface area contributed by atoms with Crippen LogP contribution >= 0.6 is 23.2 Å². The first kappa shape index (κ1) is 64.6. The molecule has 12 atom stereocenters. The molecule has 4 aromatic carbocycles. The molecule has 13 rings (SSSR count). The Labute approximate surface area is 542 Å². The Morgan fingerprint density at radius 2 is 1.16 bits per heavy atom. The van der Waals surface area contributed by atoms with Crippen molar-refractivity contribution in [1.29, 1.82) is 0 Å². The van der Waals surface area contributed by atoms with Crippen LogP contribution in [0.5, 0.6) is 11.5 Å². The lowest BCUT2D eigenvalue weighted by molar-refractivity contribution is 0.0131. The Balaban J connectivity index is 0.000000176. The number of ether oxygens (including phenoxy) is 4. The van der Waals surface area contributed by atoms with Crippen molar-refractivity contribution in [3.8, 4) is 11.5 Å². The van der Waals surface area contributed by atoms with E-state index >= 15 is 0 Å². The van der Waals surface area contributed by atoms with Crippen molar-refractivity contribution < 1.29 is 41.7 Å². The number of hydrogen-bond donors (Lipinski definition) is 3. The van der Waals surface area contributed by atoms with Crippen LogP contribution in [0, 0.1) is 35.5 Å². The fourth-order valence-electron chi connectivity index (χ4n) is 15.6. The number of amides is 4. The molecule has 4 amide bonds. The molecule has 5 aliphatic carbocycles. The summed E-state index contributed by atoms with van der Waals surface area (Å²) in [4.78, 5) is 44.9. The second-order valence-electron chi connectivity index (χ2n) is 27.2. The first-order valence-electron chi connectivity index (χ1n) is 32.8. The van der Waals surface area contributed by atoms with Gasteiger partial charge in [-0.1, -0.05) is 86.3 Å². The summed E-state index contributed by atoms with van der Waals surface area (Å²) in [6.45, 7) is 8.29. The number of carbonyl (C=O) groups excluding carboxylic acids is 3. The van der Waals surface area contributed by atoms with E-state index < -0.39 is 37.7 Å². The molecule has 0 radical (unpaired) electrons.